The largest absolute Gasteiger partial charge is 0.0676 e. The van der Waals surface area contributed by atoms with E-state index in [0.29, 0.717) is 0 Å². The SMILES string of the molecule is CCCCC(C)C1CCC(C)C2=C1C(C1CCC(C)C3=C1C(C)CCC3C)CCC2. The lowest BCUT2D eigenvalue weighted by atomic mass is 9.55. The molecule has 0 heterocycles. The third-order valence-corrected chi connectivity index (χ3v) is 10.1. The van der Waals surface area contributed by atoms with Crippen LogP contribution in [0, 0.1) is 47.3 Å². The molecule has 8 atom stereocenters. The minimum Gasteiger partial charge on any atom is -0.0676 e. The summed E-state index contributed by atoms with van der Waals surface area (Å²) in [5, 5.41) is 0. The molecule has 0 aromatic carbocycles. The smallest absolute Gasteiger partial charge is 0.0132 e. The van der Waals surface area contributed by atoms with Crippen LogP contribution in [0.3, 0.4) is 0 Å². The highest BCUT2D eigenvalue weighted by Gasteiger charge is 2.44. The lowest BCUT2D eigenvalue weighted by molar-refractivity contribution is 0.206. The van der Waals surface area contributed by atoms with E-state index in [2.05, 4.69) is 41.5 Å². The molecule has 0 aromatic rings. The summed E-state index contributed by atoms with van der Waals surface area (Å²) < 4.78 is 0. The van der Waals surface area contributed by atoms with E-state index in [1.165, 1.54) is 77.0 Å². The summed E-state index contributed by atoms with van der Waals surface area (Å²) >= 11 is 0. The van der Waals surface area contributed by atoms with Crippen molar-refractivity contribution in [3.63, 3.8) is 0 Å². The summed E-state index contributed by atoms with van der Waals surface area (Å²) in [5.41, 5.74) is 7.88. The molecular weight excluding hydrogens is 360 g/mol. The first-order chi connectivity index (χ1) is 14.4. The van der Waals surface area contributed by atoms with Gasteiger partial charge >= 0.3 is 0 Å². The fraction of sp³-hybridized carbons (Fsp3) is 0.867. The Morgan fingerprint density at radius 2 is 1.30 bits per heavy atom. The Morgan fingerprint density at radius 1 is 0.700 bits per heavy atom. The monoisotopic (exact) mass is 410 g/mol. The lowest BCUT2D eigenvalue weighted by Crippen LogP contribution is -2.38. The van der Waals surface area contributed by atoms with Gasteiger partial charge in [0.15, 0.2) is 0 Å². The molecule has 4 aliphatic rings. The Hall–Kier alpha value is -0.520. The average molecular weight is 411 g/mol. The molecule has 0 aliphatic heterocycles. The van der Waals surface area contributed by atoms with Crippen molar-refractivity contribution in [1.29, 1.82) is 0 Å². The fourth-order valence-electron chi connectivity index (χ4n) is 8.48. The Morgan fingerprint density at radius 3 is 2.00 bits per heavy atom. The van der Waals surface area contributed by atoms with Gasteiger partial charge in [0.05, 0.1) is 0 Å². The zero-order chi connectivity index (χ0) is 21.4. The number of hydrogen-bond donors (Lipinski definition) is 0. The molecule has 0 heteroatoms. The van der Waals surface area contributed by atoms with Crippen molar-refractivity contribution in [3.8, 4) is 0 Å². The molecule has 0 radical (unpaired) electrons. The van der Waals surface area contributed by atoms with Gasteiger partial charge in [-0.15, -0.1) is 0 Å². The minimum atomic E-state index is 0.840. The van der Waals surface area contributed by atoms with E-state index in [4.69, 9.17) is 0 Å². The third kappa shape index (κ3) is 4.11. The molecule has 0 saturated heterocycles. The van der Waals surface area contributed by atoms with E-state index in [0.717, 1.165) is 47.3 Å². The van der Waals surface area contributed by atoms with Crippen LogP contribution in [0.5, 0.6) is 0 Å². The standard InChI is InChI=1S/C30H50/c1-7-8-10-19(2)25-17-15-20(3)24-11-9-12-26(30(24)25)27-18-16-22(5)28-21(4)13-14-23(6)29(27)28/h19-23,25-27H,7-18H2,1-6H3. The molecule has 30 heavy (non-hydrogen) atoms. The molecule has 0 aromatic heterocycles. The topological polar surface area (TPSA) is 0 Å². The maximum absolute atomic E-state index is 2.60. The van der Waals surface area contributed by atoms with Crippen LogP contribution in [0.2, 0.25) is 0 Å². The van der Waals surface area contributed by atoms with Crippen LogP contribution in [0.25, 0.3) is 0 Å². The van der Waals surface area contributed by atoms with Crippen LogP contribution < -0.4 is 0 Å². The second kappa shape index (κ2) is 9.54. The molecule has 0 spiro atoms. The predicted molar refractivity (Wildman–Crippen MR) is 131 cm³/mol. The van der Waals surface area contributed by atoms with E-state index in [1.54, 1.807) is 0 Å². The molecule has 4 aliphatic carbocycles. The lowest BCUT2D eigenvalue weighted by Gasteiger charge is -2.50. The highest BCUT2D eigenvalue weighted by Crippen LogP contribution is 2.56. The quantitative estimate of drug-likeness (QED) is 0.396. The molecule has 0 nitrogen and oxygen atoms in total. The van der Waals surface area contributed by atoms with Gasteiger partial charge in [-0.2, -0.15) is 0 Å². The minimum absolute atomic E-state index is 0.840. The molecule has 4 rings (SSSR count). The Kier molecular flexibility index (Phi) is 7.21. The van der Waals surface area contributed by atoms with Gasteiger partial charge in [-0.1, -0.05) is 83.1 Å². The van der Waals surface area contributed by atoms with Crippen molar-refractivity contribution in [2.75, 3.05) is 0 Å². The van der Waals surface area contributed by atoms with Crippen molar-refractivity contribution < 1.29 is 0 Å². The van der Waals surface area contributed by atoms with Gasteiger partial charge in [0.2, 0.25) is 0 Å². The summed E-state index contributed by atoms with van der Waals surface area (Å²) in [5.74, 6) is 6.94. The van der Waals surface area contributed by atoms with Crippen LogP contribution in [0.15, 0.2) is 22.3 Å². The van der Waals surface area contributed by atoms with E-state index in [9.17, 15) is 0 Å². The maximum atomic E-state index is 2.60. The van der Waals surface area contributed by atoms with Crippen LogP contribution >= 0.6 is 0 Å². The number of rotatable bonds is 5. The van der Waals surface area contributed by atoms with Crippen LogP contribution in [-0.4, -0.2) is 0 Å². The molecule has 0 N–H and O–H groups in total. The number of hydrogen-bond acceptors (Lipinski definition) is 0. The maximum Gasteiger partial charge on any atom is -0.0132 e. The Bertz CT molecular complexity index is 658. The van der Waals surface area contributed by atoms with Gasteiger partial charge in [-0.05, 0) is 105 Å². The van der Waals surface area contributed by atoms with Gasteiger partial charge in [-0.3, -0.25) is 0 Å². The first-order valence-electron chi connectivity index (χ1n) is 13.9. The predicted octanol–water partition coefficient (Wildman–Crippen LogP) is 9.36. The second-order valence-corrected chi connectivity index (χ2v) is 12.1. The van der Waals surface area contributed by atoms with Crippen molar-refractivity contribution in [2.45, 2.75) is 119 Å². The van der Waals surface area contributed by atoms with E-state index in [1.807, 2.05) is 22.3 Å². The van der Waals surface area contributed by atoms with Gasteiger partial charge in [0.25, 0.3) is 0 Å². The Balaban J connectivity index is 1.73. The molecule has 170 valence electrons. The summed E-state index contributed by atoms with van der Waals surface area (Å²) in [6.45, 7) is 15.2. The zero-order valence-electron chi connectivity index (χ0n) is 21.1. The van der Waals surface area contributed by atoms with Crippen LogP contribution in [-0.2, 0) is 0 Å². The second-order valence-electron chi connectivity index (χ2n) is 12.1. The van der Waals surface area contributed by atoms with Gasteiger partial charge in [0, 0.05) is 0 Å². The summed E-state index contributed by atoms with van der Waals surface area (Å²) in [4.78, 5) is 0. The molecule has 0 saturated carbocycles. The molecule has 0 amide bonds. The molecule has 0 bridgehead atoms. The first kappa shape index (κ1) is 22.7. The van der Waals surface area contributed by atoms with Crippen molar-refractivity contribution in [3.05, 3.63) is 22.3 Å². The molecule has 0 fully saturated rings. The van der Waals surface area contributed by atoms with Gasteiger partial charge in [0.1, 0.15) is 0 Å². The number of allylic oxidation sites excluding steroid dienone is 4. The van der Waals surface area contributed by atoms with Crippen LogP contribution in [0.4, 0.5) is 0 Å². The van der Waals surface area contributed by atoms with Gasteiger partial charge < -0.3 is 0 Å². The van der Waals surface area contributed by atoms with Crippen molar-refractivity contribution >= 4 is 0 Å². The average Bonchev–Trinajstić information content (AvgIpc) is 2.75. The van der Waals surface area contributed by atoms with E-state index < -0.39 is 0 Å². The van der Waals surface area contributed by atoms with E-state index >= 15 is 0 Å². The van der Waals surface area contributed by atoms with Crippen LogP contribution in [0.1, 0.15) is 119 Å². The highest BCUT2D eigenvalue weighted by atomic mass is 14.5. The first-order valence-corrected chi connectivity index (χ1v) is 13.9. The molecular formula is C30H50. The van der Waals surface area contributed by atoms with Gasteiger partial charge in [-0.25, -0.2) is 0 Å². The molecule has 8 unspecified atom stereocenters. The fourth-order valence-corrected chi connectivity index (χ4v) is 8.48. The number of unbranched alkanes of at least 4 members (excludes halogenated alkanes) is 1. The summed E-state index contributed by atoms with van der Waals surface area (Å²) in [6, 6.07) is 0. The normalized spacial score (nSPS) is 40.8. The summed E-state index contributed by atoms with van der Waals surface area (Å²) in [7, 11) is 0. The third-order valence-electron chi connectivity index (χ3n) is 10.1. The zero-order valence-corrected chi connectivity index (χ0v) is 21.1. The Labute approximate surface area is 188 Å². The van der Waals surface area contributed by atoms with Crippen molar-refractivity contribution in [2.24, 2.45) is 47.3 Å². The van der Waals surface area contributed by atoms with Crippen molar-refractivity contribution in [1.82, 2.24) is 0 Å². The summed E-state index contributed by atoms with van der Waals surface area (Å²) in [6.07, 6.45) is 17.3. The highest BCUT2D eigenvalue weighted by molar-refractivity contribution is 5.35. The van der Waals surface area contributed by atoms with E-state index in [-0.39, 0.29) is 0 Å².